The smallest absolute Gasteiger partial charge is 0.243 e. The Hall–Kier alpha value is -1.21. The van der Waals surface area contributed by atoms with E-state index >= 15 is 0 Å². The van der Waals surface area contributed by atoms with Gasteiger partial charge >= 0.3 is 0 Å². The van der Waals surface area contributed by atoms with Crippen molar-refractivity contribution in [1.82, 2.24) is 4.72 Å². The van der Waals surface area contributed by atoms with Crippen molar-refractivity contribution in [2.45, 2.75) is 50.0 Å². The summed E-state index contributed by atoms with van der Waals surface area (Å²) in [5, 5.41) is 0. The lowest BCUT2D eigenvalue weighted by Gasteiger charge is -2.28. The molecule has 4 nitrogen and oxygen atoms in total. The predicted molar refractivity (Wildman–Crippen MR) is 77.1 cm³/mol. The van der Waals surface area contributed by atoms with Crippen molar-refractivity contribution in [2.24, 2.45) is 5.92 Å². The van der Waals surface area contributed by atoms with Gasteiger partial charge in [0.05, 0.1) is 5.69 Å². The number of benzene rings is 1. The van der Waals surface area contributed by atoms with Gasteiger partial charge in [0.1, 0.15) is 16.5 Å². The summed E-state index contributed by atoms with van der Waals surface area (Å²) in [7, 11) is -4.03. The van der Waals surface area contributed by atoms with E-state index in [0.717, 1.165) is 38.2 Å². The van der Waals surface area contributed by atoms with Crippen LogP contribution >= 0.6 is 0 Å². The maximum Gasteiger partial charge on any atom is 0.243 e. The number of nitrogens with two attached hydrogens (primary N) is 1. The van der Waals surface area contributed by atoms with Gasteiger partial charge in [0, 0.05) is 12.1 Å². The van der Waals surface area contributed by atoms with E-state index in [1.165, 1.54) is 0 Å². The average molecular weight is 318 g/mol. The van der Waals surface area contributed by atoms with Gasteiger partial charge in [-0.3, -0.25) is 0 Å². The van der Waals surface area contributed by atoms with Gasteiger partial charge < -0.3 is 5.73 Å². The van der Waals surface area contributed by atoms with Gasteiger partial charge in [-0.1, -0.05) is 13.3 Å². The first-order valence-electron chi connectivity index (χ1n) is 7.10. The minimum Gasteiger partial charge on any atom is -0.396 e. The zero-order valence-electron chi connectivity index (χ0n) is 11.9. The van der Waals surface area contributed by atoms with Crippen molar-refractivity contribution in [2.75, 3.05) is 5.73 Å². The monoisotopic (exact) mass is 318 g/mol. The van der Waals surface area contributed by atoms with Gasteiger partial charge in [0.2, 0.25) is 10.0 Å². The highest BCUT2D eigenvalue weighted by atomic mass is 32.2. The fourth-order valence-corrected chi connectivity index (χ4v) is 4.12. The molecule has 21 heavy (non-hydrogen) atoms. The second-order valence-electron chi connectivity index (χ2n) is 5.55. The number of nitrogen functional groups attached to an aromatic ring is 1. The van der Waals surface area contributed by atoms with Crippen LogP contribution in [0.5, 0.6) is 0 Å². The van der Waals surface area contributed by atoms with Crippen molar-refractivity contribution in [3.05, 3.63) is 23.8 Å². The first kappa shape index (κ1) is 16.2. The van der Waals surface area contributed by atoms with Crippen molar-refractivity contribution >= 4 is 15.7 Å². The van der Waals surface area contributed by atoms with Crippen LogP contribution in [0.4, 0.5) is 14.5 Å². The van der Waals surface area contributed by atoms with Gasteiger partial charge in [-0.25, -0.2) is 21.9 Å². The molecule has 1 aliphatic rings. The van der Waals surface area contributed by atoms with Crippen molar-refractivity contribution in [3.8, 4) is 0 Å². The van der Waals surface area contributed by atoms with Crippen LogP contribution in [0.25, 0.3) is 0 Å². The van der Waals surface area contributed by atoms with E-state index in [-0.39, 0.29) is 11.7 Å². The molecule has 0 amide bonds. The molecule has 0 atom stereocenters. The Balaban J connectivity index is 2.14. The van der Waals surface area contributed by atoms with Crippen molar-refractivity contribution in [1.29, 1.82) is 0 Å². The molecular formula is C14H20F2N2O2S. The summed E-state index contributed by atoms with van der Waals surface area (Å²) in [6, 6.07) is 1.12. The second-order valence-corrected chi connectivity index (χ2v) is 7.23. The zero-order chi connectivity index (χ0) is 15.6. The molecule has 118 valence electrons. The minimum absolute atomic E-state index is 0.205. The first-order valence-corrected chi connectivity index (χ1v) is 8.58. The second kappa shape index (κ2) is 6.27. The molecule has 0 aromatic heterocycles. The van der Waals surface area contributed by atoms with E-state index in [0.29, 0.717) is 12.0 Å². The molecule has 0 spiro atoms. The molecule has 1 fully saturated rings. The quantitative estimate of drug-likeness (QED) is 0.839. The lowest BCUT2D eigenvalue weighted by atomic mass is 9.85. The standard InChI is InChI=1S/C14H20F2N2O2S/c1-2-9-3-5-10(6-4-9)18-21(19,20)14-8-13(17)11(15)7-12(14)16/h7-10,18H,2-6,17H2,1H3. The number of anilines is 1. The molecule has 1 aliphatic carbocycles. The summed E-state index contributed by atoms with van der Waals surface area (Å²) in [4.78, 5) is -0.598. The number of hydrogen-bond donors (Lipinski definition) is 2. The van der Waals surface area contributed by atoms with Crippen LogP contribution < -0.4 is 10.5 Å². The maximum absolute atomic E-state index is 13.7. The van der Waals surface area contributed by atoms with Gasteiger partial charge in [0.25, 0.3) is 0 Å². The minimum atomic E-state index is -4.03. The molecule has 3 N–H and O–H groups in total. The van der Waals surface area contributed by atoms with Crippen LogP contribution in [0, 0.1) is 17.6 Å². The predicted octanol–water partition coefficient (Wildman–Crippen LogP) is 2.79. The molecular weight excluding hydrogens is 298 g/mol. The van der Waals surface area contributed by atoms with Crippen LogP contribution in [0.15, 0.2) is 17.0 Å². The molecule has 0 unspecified atom stereocenters. The molecule has 1 aromatic rings. The number of halogens is 2. The number of rotatable bonds is 4. The third kappa shape index (κ3) is 3.71. The third-order valence-electron chi connectivity index (χ3n) is 4.09. The fourth-order valence-electron chi connectivity index (χ4n) is 2.72. The summed E-state index contributed by atoms with van der Waals surface area (Å²) in [5.74, 6) is -1.46. The van der Waals surface area contributed by atoms with Crippen LogP contribution in [-0.4, -0.2) is 14.5 Å². The molecule has 7 heteroatoms. The van der Waals surface area contributed by atoms with Crippen molar-refractivity contribution < 1.29 is 17.2 Å². The largest absolute Gasteiger partial charge is 0.396 e. The number of hydrogen-bond acceptors (Lipinski definition) is 3. The van der Waals surface area contributed by atoms with E-state index in [2.05, 4.69) is 11.6 Å². The Morgan fingerprint density at radius 1 is 1.19 bits per heavy atom. The highest BCUT2D eigenvalue weighted by molar-refractivity contribution is 7.89. The van der Waals surface area contributed by atoms with Gasteiger partial charge in [-0.2, -0.15) is 0 Å². The summed E-state index contributed by atoms with van der Waals surface area (Å²) in [5.41, 5.74) is 4.94. The summed E-state index contributed by atoms with van der Waals surface area (Å²) >= 11 is 0. The zero-order valence-corrected chi connectivity index (χ0v) is 12.7. The van der Waals surface area contributed by atoms with Crippen LogP contribution in [0.3, 0.4) is 0 Å². The number of nitrogens with one attached hydrogen (secondary N) is 1. The van der Waals surface area contributed by atoms with E-state index in [4.69, 9.17) is 5.73 Å². The molecule has 0 aliphatic heterocycles. The summed E-state index contributed by atoms with van der Waals surface area (Å²) < 4.78 is 53.7. The molecule has 0 bridgehead atoms. The van der Waals surface area contributed by atoms with Gasteiger partial charge in [-0.15, -0.1) is 0 Å². The first-order chi connectivity index (χ1) is 9.83. The third-order valence-corrected chi connectivity index (χ3v) is 5.62. The molecule has 0 saturated heterocycles. The normalized spacial score (nSPS) is 23.2. The van der Waals surface area contributed by atoms with E-state index < -0.39 is 26.6 Å². The Kier molecular flexibility index (Phi) is 4.83. The SMILES string of the molecule is CCC1CCC(NS(=O)(=O)c2cc(N)c(F)cc2F)CC1. The Bertz CT molecular complexity index is 612. The van der Waals surface area contributed by atoms with E-state index in [9.17, 15) is 17.2 Å². The van der Waals surface area contributed by atoms with Crippen LogP contribution in [-0.2, 0) is 10.0 Å². The van der Waals surface area contributed by atoms with Crippen molar-refractivity contribution in [3.63, 3.8) is 0 Å². The Morgan fingerprint density at radius 3 is 2.38 bits per heavy atom. The van der Waals surface area contributed by atoms with Gasteiger partial charge in [0.15, 0.2) is 0 Å². The maximum atomic E-state index is 13.7. The lowest BCUT2D eigenvalue weighted by molar-refractivity contribution is 0.306. The molecule has 0 heterocycles. The molecule has 1 aromatic carbocycles. The Morgan fingerprint density at radius 2 is 1.81 bits per heavy atom. The van der Waals surface area contributed by atoms with Crippen LogP contribution in [0.1, 0.15) is 39.0 Å². The Labute approximate surface area is 123 Å². The highest BCUT2D eigenvalue weighted by Gasteiger charge is 2.27. The average Bonchev–Trinajstić information content (AvgIpc) is 2.43. The van der Waals surface area contributed by atoms with Gasteiger partial charge in [-0.05, 0) is 37.7 Å². The topological polar surface area (TPSA) is 72.2 Å². The fraction of sp³-hybridized carbons (Fsp3) is 0.571. The lowest BCUT2D eigenvalue weighted by Crippen LogP contribution is -2.38. The summed E-state index contributed by atoms with van der Waals surface area (Å²) in [6.45, 7) is 2.12. The molecule has 0 radical (unpaired) electrons. The van der Waals surface area contributed by atoms with E-state index in [1.54, 1.807) is 0 Å². The van der Waals surface area contributed by atoms with Crippen LogP contribution in [0.2, 0.25) is 0 Å². The van der Waals surface area contributed by atoms with E-state index in [1.807, 2.05) is 0 Å². The highest BCUT2D eigenvalue weighted by Crippen LogP contribution is 2.28. The molecule has 1 saturated carbocycles. The summed E-state index contributed by atoms with van der Waals surface area (Å²) in [6.07, 6.45) is 4.46. The number of sulfonamides is 1. The molecule has 2 rings (SSSR count).